The Hall–Kier alpha value is -2.48. The molecule has 1 amide bonds. The van der Waals surface area contributed by atoms with Crippen molar-refractivity contribution in [1.82, 2.24) is 25.3 Å². The number of hydrogen-bond acceptors (Lipinski definition) is 7. The van der Waals surface area contributed by atoms with Crippen LogP contribution in [0.2, 0.25) is 5.02 Å². The Kier molecular flexibility index (Phi) is 5.33. The van der Waals surface area contributed by atoms with Gasteiger partial charge in [-0.3, -0.25) is 4.79 Å². The van der Waals surface area contributed by atoms with Crippen LogP contribution < -0.4 is 15.1 Å². The summed E-state index contributed by atoms with van der Waals surface area (Å²) in [6.45, 7) is 3.37. The third kappa shape index (κ3) is 4.10. The number of carbonyl (C=O) groups excluding carboxylic acids is 1. The number of nitrogens with one attached hydrogen (secondary N) is 1. The van der Waals surface area contributed by atoms with Crippen LogP contribution in [0.3, 0.4) is 0 Å². The molecule has 0 radical (unpaired) electrons. The van der Waals surface area contributed by atoms with Gasteiger partial charge in [0, 0.05) is 44.6 Å². The number of rotatable bonds is 4. The Morgan fingerprint density at radius 3 is 2.56 bits per heavy atom. The lowest BCUT2D eigenvalue weighted by molar-refractivity contribution is 0.0928. The number of nitrogens with zero attached hydrogens (tertiary/aromatic N) is 6. The van der Waals surface area contributed by atoms with Crippen molar-refractivity contribution in [2.24, 2.45) is 0 Å². The minimum absolute atomic E-state index is 0.00340. The zero-order chi connectivity index (χ0) is 18.6. The molecule has 2 aliphatic heterocycles. The monoisotopic (exact) mass is 387 g/mol. The molecule has 27 heavy (non-hydrogen) atoms. The van der Waals surface area contributed by atoms with Crippen LogP contribution in [-0.4, -0.2) is 58.1 Å². The first kappa shape index (κ1) is 17.9. The zero-order valence-electron chi connectivity index (χ0n) is 15.0. The first-order valence-electron chi connectivity index (χ1n) is 9.31. The summed E-state index contributed by atoms with van der Waals surface area (Å²) in [5, 5.41) is 3.34. The highest BCUT2D eigenvalue weighted by molar-refractivity contribution is 6.33. The molecular weight excluding hydrogens is 366 g/mol. The molecule has 0 saturated carbocycles. The Morgan fingerprint density at radius 1 is 1.04 bits per heavy atom. The van der Waals surface area contributed by atoms with Gasteiger partial charge in [-0.25, -0.2) is 19.9 Å². The number of carbonyl (C=O) groups is 1. The molecule has 2 saturated heterocycles. The molecule has 0 aromatic carbocycles. The van der Waals surface area contributed by atoms with E-state index in [9.17, 15) is 4.79 Å². The van der Waals surface area contributed by atoms with Crippen LogP contribution in [0.15, 0.2) is 24.7 Å². The predicted octanol–water partition coefficient (Wildman–Crippen LogP) is 1.92. The molecule has 4 rings (SSSR count). The fourth-order valence-electron chi connectivity index (χ4n) is 3.57. The van der Waals surface area contributed by atoms with Gasteiger partial charge in [0.2, 0.25) is 11.9 Å². The van der Waals surface area contributed by atoms with E-state index in [2.05, 4.69) is 35.1 Å². The molecule has 1 N–H and O–H groups in total. The molecule has 9 heteroatoms. The molecule has 4 heterocycles. The first-order valence-corrected chi connectivity index (χ1v) is 9.69. The predicted molar refractivity (Wildman–Crippen MR) is 103 cm³/mol. The summed E-state index contributed by atoms with van der Waals surface area (Å²) < 4.78 is 0. The van der Waals surface area contributed by atoms with Crippen LogP contribution in [0.1, 0.15) is 36.2 Å². The van der Waals surface area contributed by atoms with Crippen molar-refractivity contribution in [3.05, 3.63) is 35.4 Å². The topological polar surface area (TPSA) is 87.1 Å². The molecule has 0 spiro atoms. The third-order valence-electron chi connectivity index (χ3n) is 4.93. The molecule has 2 aromatic rings. The number of hydrogen-bond donors (Lipinski definition) is 1. The van der Waals surface area contributed by atoms with Crippen LogP contribution in [-0.2, 0) is 0 Å². The van der Waals surface area contributed by atoms with Gasteiger partial charge < -0.3 is 15.1 Å². The Labute approximate surface area is 163 Å². The van der Waals surface area contributed by atoms with Crippen molar-refractivity contribution >= 4 is 29.4 Å². The minimum Gasteiger partial charge on any atom is -0.346 e. The lowest BCUT2D eigenvalue weighted by Gasteiger charge is -2.33. The van der Waals surface area contributed by atoms with E-state index in [-0.39, 0.29) is 22.7 Å². The molecule has 0 aliphatic carbocycles. The highest BCUT2D eigenvalue weighted by atomic mass is 35.5. The maximum Gasteiger partial charge on any atom is 0.271 e. The van der Waals surface area contributed by atoms with E-state index >= 15 is 0 Å². The average Bonchev–Trinajstić information content (AvgIpc) is 3.24. The Bertz CT molecular complexity index is 798. The van der Waals surface area contributed by atoms with Gasteiger partial charge in [0.1, 0.15) is 0 Å². The van der Waals surface area contributed by atoms with E-state index in [1.807, 2.05) is 0 Å². The number of aromatic nitrogens is 4. The fraction of sp³-hybridized carbons (Fsp3) is 0.500. The van der Waals surface area contributed by atoms with Gasteiger partial charge in [0.05, 0.1) is 11.2 Å². The van der Waals surface area contributed by atoms with Crippen LogP contribution in [0.25, 0.3) is 0 Å². The lowest BCUT2D eigenvalue weighted by atomic mass is 10.1. The second-order valence-corrected chi connectivity index (χ2v) is 7.28. The molecule has 8 nitrogen and oxygen atoms in total. The summed E-state index contributed by atoms with van der Waals surface area (Å²) >= 11 is 6.21. The summed E-state index contributed by atoms with van der Waals surface area (Å²) in [5.41, 5.74) is 0.238. The van der Waals surface area contributed by atoms with E-state index in [0.717, 1.165) is 45.3 Å². The largest absolute Gasteiger partial charge is 0.346 e. The summed E-state index contributed by atoms with van der Waals surface area (Å²) in [5.74, 6) is 1.00. The van der Waals surface area contributed by atoms with Crippen molar-refractivity contribution in [3.63, 3.8) is 0 Å². The van der Waals surface area contributed by atoms with Crippen molar-refractivity contribution in [3.8, 4) is 0 Å². The van der Waals surface area contributed by atoms with Crippen LogP contribution >= 0.6 is 11.6 Å². The molecule has 1 unspecified atom stereocenters. The molecular formula is C18H22ClN7O. The van der Waals surface area contributed by atoms with Gasteiger partial charge in [-0.1, -0.05) is 11.6 Å². The molecule has 2 fully saturated rings. The van der Waals surface area contributed by atoms with Crippen LogP contribution in [0, 0.1) is 0 Å². The molecule has 142 valence electrons. The fourth-order valence-corrected chi connectivity index (χ4v) is 3.75. The number of amides is 1. The average molecular weight is 388 g/mol. The van der Waals surface area contributed by atoms with Crippen molar-refractivity contribution in [2.45, 2.75) is 31.7 Å². The maximum absolute atomic E-state index is 12.8. The number of anilines is 2. The molecule has 2 aromatic heterocycles. The molecule has 0 bridgehead atoms. The maximum atomic E-state index is 12.8. The number of piperidine rings is 1. The summed E-state index contributed by atoms with van der Waals surface area (Å²) in [4.78, 5) is 34.3. The van der Waals surface area contributed by atoms with E-state index in [0.29, 0.717) is 18.4 Å². The zero-order valence-corrected chi connectivity index (χ0v) is 15.8. The van der Waals surface area contributed by atoms with Crippen LogP contribution in [0.5, 0.6) is 0 Å². The second kappa shape index (κ2) is 8.04. The number of halogens is 1. The van der Waals surface area contributed by atoms with Gasteiger partial charge in [-0.15, -0.1) is 0 Å². The van der Waals surface area contributed by atoms with E-state index < -0.39 is 0 Å². The van der Waals surface area contributed by atoms with E-state index in [4.69, 9.17) is 11.6 Å². The summed E-state index contributed by atoms with van der Waals surface area (Å²) in [6.07, 6.45) is 9.06. The van der Waals surface area contributed by atoms with E-state index in [1.165, 1.54) is 6.20 Å². The van der Waals surface area contributed by atoms with Crippen molar-refractivity contribution in [2.75, 3.05) is 36.0 Å². The van der Waals surface area contributed by atoms with Gasteiger partial charge in [-0.05, 0) is 31.7 Å². The van der Waals surface area contributed by atoms with Gasteiger partial charge in [0.25, 0.3) is 5.91 Å². The normalized spacial score (nSPS) is 20.0. The first-order chi connectivity index (χ1) is 13.2. The Balaban J connectivity index is 1.44. The van der Waals surface area contributed by atoms with Crippen molar-refractivity contribution in [1.29, 1.82) is 0 Å². The summed E-state index contributed by atoms with van der Waals surface area (Å²) in [6, 6.07) is 1.79. The van der Waals surface area contributed by atoms with Gasteiger partial charge in [0.15, 0.2) is 5.69 Å². The second-order valence-electron chi connectivity index (χ2n) is 6.87. The summed E-state index contributed by atoms with van der Waals surface area (Å²) in [7, 11) is 0. The SMILES string of the molecule is O=C(NC1CCCN(c2ncccn2)C1)c1nc(N2CCCC2)ncc1Cl. The van der Waals surface area contributed by atoms with E-state index in [1.54, 1.807) is 18.5 Å². The highest BCUT2D eigenvalue weighted by Gasteiger charge is 2.25. The highest BCUT2D eigenvalue weighted by Crippen LogP contribution is 2.21. The quantitative estimate of drug-likeness (QED) is 0.857. The minimum atomic E-state index is -0.260. The third-order valence-corrected chi connectivity index (χ3v) is 5.20. The van der Waals surface area contributed by atoms with Crippen molar-refractivity contribution < 1.29 is 4.79 Å². The molecule has 2 aliphatic rings. The van der Waals surface area contributed by atoms with Crippen LogP contribution in [0.4, 0.5) is 11.9 Å². The van der Waals surface area contributed by atoms with Gasteiger partial charge >= 0.3 is 0 Å². The molecule has 1 atom stereocenters. The lowest BCUT2D eigenvalue weighted by Crippen LogP contribution is -2.48. The van der Waals surface area contributed by atoms with Gasteiger partial charge in [-0.2, -0.15) is 0 Å². The smallest absolute Gasteiger partial charge is 0.271 e. The Morgan fingerprint density at radius 2 is 1.78 bits per heavy atom. The standard InChI is InChI=1S/C18H22ClN7O/c19-14-11-22-18(25-8-1-2-9-25)24-15(14)16(27)23-13-5-3-10-26(12-13)17-20-6-4-7-21-17/h4,6-7,11,13H,1-3,5,8-10,12H2,(H,23,27).